The largest absolute Gasteiger partial charge is 0.348 e. The van der Waals surface area contributed by atoms with Gasteiger partial charge in [-0.2, -0.15) is 0 Å². The third-order valence-corrected chi connectivity index (χ3v) is 6.24. The first kappa shape index (κ1) is 20.0. The Balaban J connectivity index is 1.59. The van der Waals surface area contributed by atoms with Gasteiger partial charge < -0.3 is 5.32 Å². The number of pyridine rings is 1. The second-order valence-corrected chi connectivity index (χ2v) is 8.21. The summed E-state index contributed by atoms with van der Waals surface area (Å²) in [5.74, 6) is -0.0450. The van der Waals surface area contributed by atoms with Crippen LogP contribution < -0.4 is 5.32 Å². The zero-order chi connectivity index (χ0) is 20.9. The minimum absolute atomic E-state index is 0.0554. The van der Waals surface area contributed by atoms with E-state index in [4.69, 9.17) is 0 Å². The van der Waals surface area contributed by atoms with Gasteiger partial charge in [0.15, 0.2) is 0 Å². The van der Waals surface area contributed by atoms with Gasteiger partial charge in [-0.3, -0.25) is 9.78 Å². The van der Waals surface area contributed by atoms with Gasteiger partial charge in [0.1, 0.15) is 9.88 Å². The predicted molar refractivity (Wildman–Crippen MR) is 122 cm³/mol. The molecule has 0 aliphatic heterocycles. The van der Waals surface area contributed by atoms with Crippen molar-refractivity contribution in [2.45, 2.75) is 25.8 Å². The minimum Gasteiger partial charge on any atom is -0.348 e. The maximum Gasteiger partial charge on any atom is 0.263 e. The third kappa shape index (κ3) is 4.31. The third-order valence-electron chi connectivity index (χ3n) is 5.06. The maximum absolute atomic E-state index is 13.1. The van der Waals surface area contributed by atoms with Crippen LogP contribution in [0.15, 0.2) is 85.1 Å². The lowest BCUT2D eigenvalue weighted by Crippen LogP contribution is -2.37. The molecule has 0 aliphatic carbocycles. The number of nitrogens with one attached hydrogen (secondary N) is 1. The van der Waals surface area contributed by atoms with Gasteiger partial charge in [0.25, 0.3) is 5.91 Å². The molecule has 4 nitrogen and oxygen atoms in total. The predicted octanol–water partition coefficient (Wildman–Crippen LogP) is 5.46. The van der Waals surface area contributed by atoms with Gasteiger partial charge in [0, 0.05) is 18.2 Å². The standard InChI is InChI=1S/C25H23N3OS/c1-17(22(19-11-5-3-6-12-19)20-13-7-4-8-14-20)27-24(29)23-18(2)28-25(30-23)21-15-9-10-16-26-21/h3-17,22H,1-2H3,(H,27,29)/t17-/m0/s1. The summed E-state index contributed by atoms with van der Waals surface area (Å²) >= 11 is 1.38. The summed E-state index contributed by atoms with van der Waals surface area (Å²) in [6.07, 6.45) is 1.73. The molecule has 0 unspecified atom stereocenters. The Kier molecular flexibility index (Phi) is 6.00. The van der Waals surface area contributed by atoms with Crippen molar-refractivity contribution in [1.82, 2.24) is 15.3 Å². The molecular weight excluding hydrogens is 390 g/mol. The first-order valence-corrected chi connectivity index (χ1v) is 10.7. The monoisotopic (exact) mass is 413 g/mol. The van der Waals surface area contributed by atoms with Gasteiger partial charge in [0.05, 0.1) is 11.4 Å². The van der Waals surface area contributed by atoms with Crippen LogP contribution in [-0.4, -0.2) is 21.9 Å². The number of aryl methyl sites for hydroxylation is 1. The summed E-state index contributed by atoms with van der Waals surface area (Å²) < 4.78 is 0. The quantitative estimate of drug-likeness (QED) is 0.456. The van der Waals surface area contributed by atoms with E-state index in [9.17, 15) is 4.79 Å². The van der Waals surface area contributed by atoms with Gasteiger partial charge in [0.2, 0.25) is 0 Å². The Morgan fingerprint density at radius 1 is 0.900 bits per heavy atom. The highest BCUT2D eigenvalue weighted by molar-refractivity contribution is 7.17. The van der Waals surface area contributed by atoms with Crippen LogP contribution in [0.2, 0.25) is 0 Å². The molecular formula is C25H23N3OS. The number of rotatable bonds is 6. The molecule has 4 rings (SSSR count). The summed E-state index contributed by atoms with van der Waals surface area (Å²) in [4.78, 5) is 22.7. The van der Waals surface area contributed by atoms with Gasteiger partial charge >= 0.3 is 0 Å². The van der Waals surface area contributed by atoms with E-state index in [1.165, 1.54) is 22.5 Å². The molecule has 0 spiro atoms. The number of amides is 1. The van der Waals surface area contributed by atoms with E-state index in [-0.39, 0.29) is 17.9 Å². The molecule has 0 saturated carbocycles. The zero-order valence-electron chi connectivity index (χ0n) is 16.9. The molecule has 2 aromatic heterocycles. The average molecular weight is 414 g/mol. The van der Waals surface area contributed by atoms with E-state index in [0.717, 1.165) is 16.4 Å². The van der Waals surface area contributed by atoms with Gasteiger partial charge in [-0.05, 0) is 37.1 Å². The number of thiazole rings is 1. The summed E-state index contributed by atoms with van der Waals surface area (Å²) in [6, 6.07) is 26.2. The van der Waals surface area contributed by atoms with Crippen LogP contribution in [0, 0.1) is 6.92 Å². The molecule has 5 heteroatoms. The van der Waals surface area contributed by atoms with Gasteiger partial charge in [-0.15, -0.1) is 11.3 Å². The number of benzene rings is 2. The number of carbonyl (C=O) groups excluding carboxylic acids is 1. The first-order chi connectivity index (χ1) is 14.6. The molecule has 1 amide bonds. The number of hydrogen-bond acceptors (Lipinski definition) is 4. The van der Waals surface area contributed by atoms with Gasteiger partial charge in [-0.25, -0.2) is 4.98 Å². The number of carbonyl (C=O) groups is 1. The van der Waals surface area contributed by atoms with Crippen LogP contribution in [0.5, 0.6) is 0 Å². The van der Waals surface area contributed by atoms with Crippen molar-refractivity contribution in [3.8, 4) is 10.7 Å². The topological polar surface area (TPSA) is 54.9 Å². The smallest absolute Gasteiger partial charge is 0.263 e. The highest BCUT2D eigenvalue weighted by Crippen LogP contribution is 2.30. The fourth-order valence-corrected chi connectivity index (χ4v) is 4.60. The average Bonchev–Trinajstić information content (AvgIpc) is 3.18. The van der Waals surface area contributed by atoms with Crippen molar-refractivity contribution in [3.05, 3.63) is 107 Å². The lowest BCUT2D eigenvalue weighted by Gasteiger charge is -2.26. The summed E-state index contributed by atoms with van der Waals surface area (Å²) in [5.41, 5.74) is 3.85. The Hall–Kier alpha value is -3.31. The molecule has 30 heavy (non-hydrogen) atoms. The van der Waals surface area contributed by atoms with E-state index < -0.39 is 0 Å². The molecule has 4 aromatic rings. The molecule has 1 N–H and O–H groups in total. The van der Waals surface area contributed by atoms with Crippen molar-refractivity contribution >= 4 is 17.2 Å². The Labute approximate surface area is 180 Å². The maximum atomic E-state index is 13.1. The molecule has 0 fully saturated rings. The molecule has 2 heterocycles. The highest BCUT2D eigenvalue weighted by atomic mass is 32.1. The van der Waals surface area contributed by atoms with Crippen LogP contribution >= 0.6 is 11.3 Å². The van der Waals surface area contributed by atoms with Crippen molar-refractivity contribution in [3.63, 3.8) is 0 Å². The van der Waals surface area contributed by atoms with Crippen molar-refractivity contribution in [2.75, 3.05) is 0 Å². The summed E-state index contributed by atoms with van der Waals surface area (Å²) in [5, 5.41) is 3.97. The Bertz CT molecular complexity index is 1070. The molecule has 0 bridgehead atoms. The highest BCUT2D eigenvalue weighted by Gasteiger charge is 2.25. The fraction of sp³-hybridized carbons (Fsp3) is 0.160. The van der Waals surface area contributed by atoms with Crippen LogP contribution in [0.1, 0.15) is 39.3 Å². The van der Waals surface area contributed by atoms with Crippen molar-refractivity contribution in [2.24, 2.45) is 0 Å². The molecule has 0 saturated heterocycles. The lowest BCUT2D eigenvalue weighted by molar-refractivity contribution is 0.0940. The van der Waals surface area contributed by atoms with Gasteiger partial charge in [-0.1, -0.05) is 66.7 Å². The van der Waals surface area contributed by atoms with E-state index in [2.05, 4.69) is 46.5 Å². The van der Waals surface area contributed by atoms with Crippen molar-refractivity contribution < 1.29 is 4.79 Å². The minimum atomic E-state index is -0.100. The van der Waals surface area contributed by atoms with Crippen molar-refractivity contribution in [1.29, 1.82) is 0 Å². The number of nitrogens with zero attached hydrogens (tertiary/aromatic N) is 2. The second kappa shape index (κ2) is 9.01. The fourth-order valence-electron chi connectivity index (χ4n) is 3.65. The molecule has 150 valence electrons. The normalized spacial score (nSPS) is 12.0. The lowest BCUT2D eigenvalue weighted by atomic mass is 9.86. The van der Waals surface area contributed by atoms with E-state index in [1.54, 1.807) is 6.20 Å². The molecule has 2 aromatic carbocycles. The SMILES string of the molecule is Cc1nc(-c2ccccn2)sc1C(=O)N[C@@H](C)C(c1ccccc1)c1ccccc1. The summed E-state index contributed by atoms with van der Waals surface area (Å²) in [7, 11) is 0. The number of hydrogen-bond donors (Lipinski definition) is 1. The van der Waals surface area contributed by atoms with E-state index in [1.807, 2.05) is 61.5 Å². The summed E-state index contributed by atoms with van der Waals surface area (Å²) in [6.45, 7) is 3.92. The molecule has 1 atom stereocenters. The number of aromatic nitrogens is 2. The molecule has 0 radical (unpaired) electrons. The Morgan fingerprint density at radius 3 is 2.07 bits per heavy atom. The van der Waals surface area contributed by atoms with Crippen LogP contribution in [0.4, 0.5) is 0 Å². The van der Waals surface area contributed by atoms with E-state index >= 15 is 0 Å². The van der Waals surface area contributed by atoms with Crippen LogP contribution in [0.3, 0.4) is 0 Å². The second-order valence-electron chi connectivity index (χ2n) is 7.21. The zero-order valence-corrected chi connectivity index (χ0v) is 17.8. The van der Waals surface area contributed by atoms with Crippen LogP contribution in [0.25, 0.3) is 10.7 Å². The van der Waals surface area contributed by atoms with Crippen LogP contribution in [-0.2, 0) is 0 Å². The van der Waals surface area contributed by atoms with E-state index in [0.29, 0.717) is 4.88 Å². The Morgan fingerprint density at radius 2 is 1.50 bits per heavy atom. The first-order valence-electron chi connectivity index (χ1n) is 9.93. The molecule has 0 aliphatic rings.